The van der Waals surface area contributed by atoms with Crippen LogP contribution in [0.3, 0.4) is 0 Å². The number of carbonyl (C=O) groups is 2. The number of aliphatic carboxylic acids is 1. The molecule has 1 aliphatic rings. The number of nitrogens with zero attached hydrogens (tertiary/aromatic N) is 1. The topological polar surface area (TPSA) is 57.6 Å². The van der Waals surface area contributed by atoms with Crippen molar-refractivity contribution in [1.29, 1.82) is 0 Å². The molecule has 0 aliphatic carbocycles. The molecular weight excluding hydrogens is 318 g/mol. The van der Waals surface area contributed by atoms with Gasteiger partial charge in [-0.3, -0.25) is 4.79 Å². The molecule has 0 aromatic heterocycles. The molecule has 1 N–H and O–H groups in total. The van der Waals surface area contributed by atoms with Gasteiger partial charge in [-0.25, -0.2) is 4.79 Å². The fraction of sp³-hybridized carbons (Fsp3) is 0.250. The Hall–Kier alpha value is -1.66. The average Bonchev–Trinajstić information content (AvgIpc) is 2.74. The van der Waals surface area contributed by atoms with Gasteiger partial charge in [0.2, 0.25) is 0 Å². The van der Waals surface area contributed by atoms with Gasteiger partial charge in [0.15, 0.2) is 0 Å². The summed E-state index contributed by atoms with van der Waals surface area (Å²) in [5.41, 5.74) is 2.39. The van der Waals surface area contributed by atoms with Crippen LogP contribution in [-0.2, 0) is 9.59 Å². The van der Waals surface area contributed by atoms with E-state index in [1.807, 2.05) is 37.3 Å². The average molecular weight is 335 g/mol. The molecule has 4 nitrogen and oxygen atoms in total. The van der Waals surface area contributed by atoms with Crippen molar-refractivity contribution in [2.45, 2.75) is 24.6 Å². The highest BCUT2D eigenvalue weighted by molar-refractivity contribution is 8.14. The van der Waals surface area contributed by atoms with Gasteiger partial charge in [-0.1, -0.05) is 48.7 Å². The number of carbonyl (C=O) groups excluding carboxylic acids is 1. The quantitative estimate of drug-likeness (QED) is 0.655. The first-order chi connectivity index (χ1) is 10.3. The number of rotatable bonds is 4. The van der Waals surface area contributed by atoms with Gasteiger partial charge in [0, 0.05) is 5.57 Å². The van der Waals surface area contributed by atoms with Crippen LogP contribution < -0.4 is 0 Å². The monoisotopic (exact) mass is 335 g/mol. The van der Waals surface area contributed by atoms with E-state index in [2.05, 4.69) is 19.2 Å². The number of allylic oxidation sites excluding steroid dienone is 2. The normalized spacial score (nSPS) is 21.7. The van der Waals surface area contributed by atoms with E-state index in [-0.39, 0.29) is 5.91 Å². The predicted molar refractivity (Wildman–Crippen MR) is 92.5 cm³/mol. The molecular formula is C16H17NO3S2. The van der Waals surface area contributed by atoms with E-state index >= 15 is 0 Å². The Bertz CT molecular complexity index is 655. The Morgan fingerprint density at radius 2 is 2.00 bits per heavy atom. The summed E-state index contributed by atoms with van der Waals surface area (Å²) < 4.78 is -0.522. The SMILES string of the molecule is C=C(C)/C(=C1/SC(S)N(C(C)C(=O)O)C1=O)c1ccccc1. The van der Waals surface area contributed by atoms with Crippen LogP contribution in [0.15, 0.2) is 47.4 Å². The summed E-state index contributed by atoms with van der Waals surface area (Å²) in [6, 6.07) is 8.55. The zero-order chi connectivity index (χ0) is 16.4. The summed E-state index contributed by atoms with van der Waals surface area (Å²) in [6.07, 6.45) is 0. The number of thiol groups is 1. The van der Waals surface area contributed by atoms with E-state index in [1.54, 1.807) is 0 Å². The van der Waals surface area contributed by atoms with Gasteiger partial charge in [0.05, 0.1) is 4.91 Å². The lowest BCUT2D eigenvalue weighted by Crippen LogP contribution is -2.42. The number of benzene rings is 1. The molecule has 116 valence electrons. The minimum atomic E-state index is -1.05. The second kappa shape index (κ2) is 6.62. The van der Waals surface area contributed by atoms with E-state index in [1.165, 1.54) is 23.6 Å². The zero-order valence-corrected chi connectivity index (χ0v) is 14.0. The van der Waals surface area contributed by atoms with Crippen molar-refractivity contribution in [2.75, 3.05) is 0 Å². The molecule has 1 amide bonds. The summed E-state index contributed by atoms with van der Waals surface area (Å²) >= 11 is 5.61. The zero-order valence-electron chi connectivity index (χ0n) is 12.3. The van der Waals surface area contributed by atoms with Crippen molar-refractivity contribution in [1.82, 2.24) is 4.90 Å². The lowest BCUT2D eigenvalue weighted by atomic mass is 9.99. The number of hydrogen-bond acceptors (Lipinski definition) is 4. The van der Waals surface area contributed by atoms with Crippen LogP contribution in [0.25, 0.3) is 5.57 Å². The number of amides is 1. The third-order valence-electron chi connectivity index (χ3n) is 3.38. The Morgan fingerprint density at radius 1 is 1.41 bits per heavy atom. The molecule has 2 rings (SSSR count). The first kappa shape index (κ1) is 16.7. The Labute approximate surface area is 139 Å². The summed E-state index contributed by atoms with van der Waals surface area (Å²) in [5, 5.41) is 9.16. The molecule has 1 aromatic carbocycles. The first-order valence-corrected chi connectivity index (χ1v) is 8.10. The maximum Gasteiger partial charge on any atom is 0.326 e. The molecule has 2 unspecified atom stereocenters. The Balaban J connectivity index is 2.52. The molecule has 0 bridgehead atoms. The maximum atomic E-state index is 12.7. The summed E-state index contributed by atoms with van der Waals surface area (Å²) in [5.74, 6) is -1.37. The molecule has 1 aromatic rings. The second-order valence-electron chi connectivity index (χ2n) is 5.02. The van der Waals surface area contributed by atoms with Gasteiger partial charge in [-0.05, 0) is 25.0 Å². The molecule has 1 fully saturated rings. The van der Waals surface area contributed by atoms with Crippen molar-refractivity contribution >= 4 is 41.8 Å². The van der Waals surface area contributed by atoms with E-state index in [4.69, 9.17) is 5.11 Å². The van der Waals surface area contributed by atoms with Gasteiger partial charge in [0.25, 0.3) is 5.91 Å². The van der Waals surface area contributed by atoms with Gasteiger partial charge in [-0.2, -0.15) is 0 Å². The van der Waals surface area contributed by atoms with Crippen LogP contribution in [0.1, 0.15) is 19.4 Å². The standard InChI is InChI=1S/C16H17NO3S2/c1-9(2)12(11-7-5-4-6-8-11)13-14(18)17(16(21)22-13)10(3)15(19)20/h4-8,10,16,21H,1H2,2-3H3,(H,19,20)/b13-12-. The van der Waals surface area contributed by atoms with Crippen molar-refractivity contribution in [2.24, 2.45) is 0 Å². The van der Waals surface area contributed by atoms with Crippen LogP contribution in [0.2, 0.25) is 0 Å². The molecule has 0 radical (unpaired) electrons. The fourth-order valence-corrected chi connectivity index (χ4v) is 4.10. The summed E-state index contributed by atoms with van der Waals surface area (Å²) in [7, 11) is 0. The number of carboxylic acid groups (broad SMARTS) is 1. The van der Waals surface area contributed by atoms with Crippen LogP contribution in [0.4, 0.5) is 0 Å². The van der Waals surface area contributed by atoms with Crippen LogP contribution in [0.5, 0.6) is 0 Å². The lowest BCUT2D eigenvalue weighted by molar-refractivity contribution is -0.146. The van der Waals surface area contributed by atoms with E-state index < -0.39 is 16.7 Å². The minimum absolute atomic E-state index is 0.318. The molecule has 6 heteroatoms. The Morgan fingerprint density at radius 3 is 2.50 bits per heavy atom. The molecule has 0 saturated carbocycles. The van der Waals surface area contributed by atoms with Crippen molar-refractivity contribution in [3.63, 3.8) is 0 Å². The maximum absolute atomic E-state index is 12.7. The van der Waals surface area contributed by atoms with Crippen molar-refractivity contribution in [3.8, 4) is 0 Å². The largest absolute Gasteiger partial charge is 0.480 e. The smallest absolute Gasteiger partial charge is 0.326 e. The van der Waals surface area contributed by atoms with Crippen molar-refractivity contribution in [3.05, 3.63) is 53.0 Å². The second-order valence-corrected chi connectivity index (χ2v) is 6.95. The minimum Gasteiger partial charge on any atom is -0.480 e. The highest BCUT2D eigenvalue weighted by atomic mass is 32.2. The van der Waals surface area contributed by atoms with E-state index in [0.717, 1.165) is 16.7 Å². The van der Waals surface area contributed by atoms with Crippen LogP contribution in [0, 0.1) is 0 Å². The van der Waals surface area contributed by atoms with E-state index in [9.17, 15) is 9.59 Å². The lowest BCUT2D eigenvalue weighted by Gasteiger charge is -2.23. The first-order valence-electron chi connectivity index (χ1n) is 6.70. The third-order valence-corrected chi connectivity index (χ3v) is 5.00. The molecule has 1 heterocycles. The van der Waals surface area contributed by atoms with Gasteiger partial charge in [0.1, 0.15) is 10.7 Å². The summed E-state index contributed by atoms with van der Waals surface area (Å²) in [4.78, 5) is 25.6. The fourth-order valence-electron chi connectivity index (χ4n) is 2.26. The number of thioether (sulfide) groups is 1. The van der Waals surface area contributed by atoms with Crippen molar-refractivity contribution < 1.29 is 14.7 Å². The molecule has 0 spiro atoms. The van der Waals surface area contributed by atoms with Gasteiger partial charge >= 0.3 is 5.97 Å². The van der Waals surface area contributed by atoms with Gasteiger partial charge < -0.3 is 10.0 Å². The van der Waals surface area contributed by atoms with Crippen LogP contribution >= 0.6 is 24.4 Å². The summed E-state index contributed by atoms with van der Waals surface area (Å²) in [6.45, 7) is 7.27. The van der Waals surface area contributed by atoms with E-state index in [0.29, 0.717) is 4.91 Å². The Kier molecular flexibility index (Phi) is 5.03. The number of carboxylic acids is 1. The van der Waals surface area contributed by atoms with Gasteiger partial charge in [-0.15, -0.1) is 12.6 Å². The molecule has 1 aliphatic heterocycles. The highest BCUT2D eigenvalue weighted by Crippen LogP contribution is 2.43. The molecule has 22 heavy (non-hydrogen) atoms. The highest BCUT2D eigenvalue weighted by Gasteiger charge is 2.41. The molecule has 2 atom stereocenters. The number of hydrogen-bond donors (Lipinski definition) is 2. The molecule has 1 saturated heterocycles. The van der Waals surface area contributed by atoms with Crippen LogP contribution in [-0.4, -0.2) is 32.6 Å². The predicted octanol–water partition coefficient (Wildman–Crippen LogP) is 3.24. The third kappa shape index (κ3) is 3.08.